The van der Waals surface area contributed by atoms with Crippen molar-refractivity contribution in [1.29, 1.82) is 0 Å². The maximum atomic E-state index is 12.7. The third kappa shape index (κ3) is 4.58. The Morgan fingerprint density at radius 1 is 1.13 bits per heavy atom. The number of nitrogens with zero attached hydrogens (tertiary/aromatic N) is 4. The minimum atomic E-state index is -3.07. The first-order valence-corrected chi connectivity index (χ1v) is 11.6. The number of hydrogen-bond donors (Lipinski definition) is 0. The van der Waals surface area contributed by atoms with Crippen LogP contribution in [0.15, 0.2) is 40.9 Å². The van der Waals surface area contributed by atoms with Crippen molar-refractivity contribution in [3.63, 3.8) is 0 Å². The van der Waals surface area contributed by atoms with Crippen molar-refractivity contribution in [2.24, 2.45) is 0 Å². The van der Waals surface area contributed by atoms with Crippen LogP contribution >= 0.6 is 0 Å². The fraction of sp³-hybridized carbons (Fsp3) is 0.333. The number of hydrogen-bond acceptors (Lipinski definition) is 8. The summed E-state index contributed by atoms with van der Waals surface area (Å²) in [7, 11) is -3.07. The summed E-state index contributed by atoms with van der Waals surface area (Å²) in [5.41, 5.74) is 3.23. The number of aromatic nitrogens is 3. The van der Waals surface area contributed by atoms with Gasteiger partial charge in [0.05, 0.1) is 17.1 Å². The van der Waals surface area contributed by atoms with Gasteiger partial charge in [-0.3, -0.25) is 4.79 Å². The summed E-state index contributed by atoms with van der Waals surface area (Å²) in [6.07, 6.45) is 0. The van der Waals surface area contributed by atoms with Crippen molar-refractivity contribution in [3.05, 3.63) is 59.0 Å². The second-order valence-corrected chi connectivity index (χ2v) is 9.68. The van der Waals surface area contributed by atoms with Crippen LogP contribution in [0.4, 0.5) is 0 Å². The van der Waals surface area contributed by atoms with Gasteiger partial charge in [-0.1, -0.05) is 35.5 Å². The summed E-state index contributed by atoms with van der Waals surface area (Å²) in [4.78, 5) is 14.2. The number of carbonyl (C=O) groups excluding carboxylic acids is 1. The Labute approximate surface area is 179 Å². The van der Waals surface area contributed by atoms with E-state index in [0.29, 0.717) is 17.0 Å². The molecule has 1 amide bonds. The van der Waals surface area contributed by atoms with E-state index in [-0.39, 0.29) is 48.7 Å². The lowest BCUT2D eigenvalue weighted by Crippen LogP contribution is -2.44. The Bertz CT molecular complexity index is 1190. The van der Waals surface area contributed by atoms with E-state index >= 15 is 0 Å². The molecule has 1 aliphatic rings. The molecule has 0 aliphatic carbocycles. The van der Waals surface area contributed by atoms with Gasteiger partial charge in [0.1, 0.15) is 18.1 Å². The molecule has 3 heterocycles. The minimum absolute atomic E-state index is 0.0335. The predicted octanol–water partition coefficient (Wildman–Crippen LogP) is 2.20. The van der Waals surface area contributed by atoms with Crippen LogP contribution < -0.4 is 4.74 Å². The van der Waals surface area contributed by atoms with Gasteiger partial charge in [-0.25, -0.2) is 8.42 Å². The van der Waals surface area contributed by atoms with Gasteiger partial charge in [-0.15, -0.1) is 10.2 Å². The zero-order valence-corrected chi connectivity index (χ0v) is 18.1. The Hall–Kier alpha value is -3.27. The maximum Gasteiger partial charge on any atom is 0.274 e. The third-order valence-corrected chi connectivity index (χ3v) is 6.80. The summed E-state index contributed by atoms with van der Waals surface area (Å²) in [5, 5.41) is 12.2. The van der Waals surface area contributed by atoms with Crippen LogP contribution in [0.2, 0.25) is 0 Å². The molecule has 1 aromatic carbocycles. The topological polar surface area (TPSA) is 115 Å². The molecule has 1 saturated heterocycles. The van der Waals surface area contributed by atoms with Crippen molar-refractivity contribution in [3.8, 4) is 17.1 Å². The lowest BCUT2D eigenvalue weighted by atomic mass is 10.1. The lowest BCUT2D eigenvalue weighted by molar-refractivity contribution is 0.0762. The molecular weight excluding hydrogens is 420 g/mol. The van der Waals surface area contributed by atoms with Gasteiger partial charge in [0, 0.05) is 24.7 Å². The second-order valence-electron chi connectivity index (χ2n) is 7.38. The fourth-order valence-electron chi connectivity index (χ4n) is 3.34. The normalized spacial score (nSPS) is 15.6. The van der Waals surface area contributed by atoms with Gasteiger partial charge in [0.15, 0.2) is 15.5 Å². The van der Waals surface area contributed by atoms with Crippen LogP contribution in [0.25, 0.3) is 11.3 Å². The molecule has 1 fully saturated rings. The van der Waals surface area contributed by atoms with Crippen LogP contribution in [-0.4, -0.2) is 59.2 Å². The molecule has 10 heteroatoms. The number of carbonyl (C=O) groups is 1. The first-order valence-electron chi connectivity index (χ1n) is 9.81. The first kappa shape index (κ1) is 21.0. The Morgan fingerprint density at radius 3 is 2.52 bits per heavy atom. The molecule has 0 atom stereocenters. The zero-order chi connectivity index (χ0) is 22.0. The number of rotatable bonds is 5. The molecule has 0 N–H and O–H groups in total. The second kappa shape index (κ2) is 8.46. The average Bonchev–Trinajstić information content (AvgIpc) is 3.13. The molecule has 0 unspecified atom stereocenters. The summed E-state index contributed by atoms with van der Waals surface area (Å²) in [6.45, 7) is 4.07. The van der Waals surface area contributed by atoms with E-state index in [1.165, 1.54) is 4.90 Å². The van der Waals surface area contributed by atoms with Crippen LogP contribution in [0.5, 0.6) is 5.88 Å². The molecule has 9 nitrogen and oxygen atoms in total. The van der Waals surface area contributed by atoms with E-state index in [0.717, 1.165) is 11.1 Å². The van der Waals surface area contributed by atoms with E-state index in [4.69, 9.17) is 9.26 Å². The molecule has 162 valence electrons. The zero-order valence-electron chi connectivity index (χ0n) is 17.2. The summed E-state index contributed by atoms with van der Waals surface area (Å²) >= 11 is 0. The van der Waals surface area contributed by atoms with Crippen molar-refractivity contribution in [1.82, 2.24) is 20.3 Å². The van der Waals surface area contributed by atoms with Crippen molar-refractivity contribution in [2.75, 3.05) is 24.6 Å². The molecular formula is C21H22N4O5S. The van der Waals surface area contributed by atoms with Gasteiger partial charge in [-0.05, 0) is 19.4 Å². The Kier molecular flexibility index (Phi) is 5.73. The smallest absolute Gasteiger partial charge is 0.274 e. The molecule has 2 aromatic heterocycles. The van der Waals surface area contributed by atoms with Gasteiger partial charge >= 0.3 is 0 Å². The van der Waals surface area contributed by atoms with Crippen LogP contribution in [-0.2, 0) is 16.4 Å². The van der Waals surface area contributed by atoms with Crippen LogP contribution in [0.3, 0.4) is 0 Å². The first-order chi connectivity index (χ1) is 14.8. The summed E-state index contributed by atoms with van der Waals surface area (Å²) < 4.78 is 34.3. The molecule has 1 aliphatic heterocycles. The van der Waals surface area contributed by atoms with E-state index < -0.39 is 9.84 Å². The fourth-order valence-corrected chi connectivity index (χ4v) is 4.54. The van der Waals surface area contributed by atoms with E-state index in [1.807, 2.05) is 37.3 Å². The number of sulfone groups is 1. The van der Waals surface area contributed by atoms with Crippen molar-refractivity contribution >= 4 is 15.7 Å². The highest BCUT2D eigenvalue weighted by atomic mass is 32.2. The Balaban J connectivity index is 1.46. The molecule has 0 spiro atoms. The van der Waals surface area contributed by atoms with Crippen LogP contribution in [0.1, 0.15) is 27.4 Å². The molecule has 0 bridgehead atoms. The van der Waals surface area contributed by atoms with E-state index in [1.54, 1.807) is 13.0 Å². The van der Waals surface area contributed by atoms with E-state index in [9.17, 15) is 13.2 Å². The van der Waals surface area contributed by atoms with Gasteiger partial charge < -0.3 is 14.2 Å². The van der Waals surface area contributed by atoms with Gasteiger partial charge in [-0.2, -0.15) is 0 Å². The monoisotopic (exact) mass is 442 g/mol. The molecule has 4 rings (SSSR count). The van der Waals surface area contributed by atoms with E-state index in [2.05, 4.69) is 15.4 Å². The molecule has 31 heavy (non-hydrogen) atoms. The van der Waals surface area contributed by atoms with Crippen LogP contribution in [0, 0.1) is 13.8 Å². The number of aryl methyl sites for hydroxylation is 2. The maximum absolute atomic E-state index is 12.7. The predicted molar refractivity (Wildman–Crippen MR) is 112 cm³/mol. The largest absolute Gasteiger partial charge is 0.471 e. The van der Waals surface area contributed by atoms with Crippen molar-refractivity contribution < 1.29 is 22.5 Å². The molecule has 0 radical (unpaired) electrons. The lowest BCUT2D eigenvalue weighted by Gasteiger charge is -2.26. The highest BCUT2D eigenvalue weighted by Crippen LogP contribution is 2.26. The highest BCUT2D eigenvalue weighted by molar-refractivity contribution is 7.91. The van der Waals surface area contributed by atoms with Gasteiger partial charge in [0.25, 0.3) is 5.91 Å². The quantitative estimate of drug-likeness (QED) is 0.591. The summed E-state index contributed by atoms with van der Waals surface area (Å²) in [5.74, 6) is 0.528. The molecule has 3 aromatic rings. The van der Waals surface area contributed by atoms with Gasteiger partial charge in [0.2, 0.25) is 5.88 Å². The number of ether oxygens (including phenoxy) is 1. The standard InChI is InChI=1S/C21H22N4O5S/c1-14-12-18(22-23-19(14)21(26)25-8-10-31(27,28)11-9-25)29-13-17-15(2)30-24-20(17)16-6-4-3-5-7-16/h3-7,12H,8-11,13H2,1-2H3. The average molecular weight is 442 g/mol. The molecule has 0 saturated carbocycles. The highest BCUT2D eigenvalue weighted by Gasteiger charge is 2.27. The minimum Gasteiger partial charge on any atom is -0.471 e. The Morgan fingerprint density at radius 2 is 1.84 bits per heavy atom. The van der Waals surface area contributed by atoms with Crippen molar-refractivity contribution in [2.45, 2.75) is 20.5 Å². The number of benzene rings is 1. The SMILES string of the molecule is Cc1cc(OCc2c(-c3ccccc3)noc2C)nnc1C(=O)N1CCS(=O)(=O)CC1. The number of amides is 1. The third-order valence-electron chi connectivity index (χ3n) is 5.19. The summed E-state index contributed by atoms with van der Waals surface area (Å²) in [6, 6.07) is 11.3.